The van der Waals surface area contributed by atoms with E-state index >= 15 is 0 Å². The number of ether oxygens (including phenoxy) is 1. The van der Waals surface area contributed by atoms with Crippen LogP contribution in [-0.4, -0.2) is 22.7 Å². The molecular weight excluding hydrogens is 144 g/mol. The smallest absolute Gasteiger partial charge is 0.153 e. The fraction of sp³-hybridized carbons (Fsp3) is 0.429. The van der Waals surface area contributed by atoms with Gasteiger partial charge in [-0.25, -0.2) is 0 Å². The maximum Gasteiger partial charge on any atom is 0.153 e. The van der Waals surface area contributed by atoms with Crippen molar-refractivity contribution in [3.05, 3.63) is 17.5 Å². The standard InChI is InChI=1S/C7H8N2O2/c10-4-6-3-8-9-1-2-11-5-7(6)9/h3-4H,1-2,5H2. The van der Waals surface area contributed by atoms with Crippen molar-refractivity contribution >= 4 is 6.29 Å². The number of nitrogens with zero attached hydrogens (tertiary/aromatic N) is 2. The SMILES string of the molecule is O=Cc1cnn2c1COCC2. The Morgan fingerprint density at radius 3 is 3.45 bits per heavy atom. The molecule has 2 rings (SSSR count). The first-order valence-electron chi connectivity index (χ1n) is 3.49. The zero-order valence-electron chi connectivity index (χ0n) is 5.99. The van der Waals surface area contributed by atoms with Gasteiger partial charge in [-0.15, -0.1) is 0 Å². The van der Waals surface area contributed by atoms with Crippen LogP contribution >= 0.6 is 0 Å². The van der Waals surface area contributed by atoms with Gasteiger partial charge < -0.3 is 4.74 Å². The van der Waals surface area contributed by atoms with E-state index in [0.717, 1.165) is 18.5 Å². The molecule has 0 spiro atoms. The molecule has 0 aromatic carbocycles. The van der Waals surface area contributed by atoms with Crippen LogP contribution < -0.4 is 0 Å². The predicted octanol–water partition coefficient (Wildman–Crippen LogP) is 0.226. The second-order valence-corrected chi connectivity index (χ2v) is 2.44. The molecule has 0 bridgehead atoms. The first-order chi connectivity index (χ1) is 5.42. The minimum Gasteiger partial charge on any atom is -0.373 e. The molecule has 0 fully saturated rings. The molecule has 0 amide bonds. The lowest BCUT2D eigenvalue weighted by Crippen LogP contribution is -2.17. The molecule has 1 aliphatic rings. The number of hydrogen-bond acceptors (Lipinski definition) is 3. The van der Waals surface area contributed by atoms with Crippen LogP contribution in [0.25, 0.3) is 0 Å². The van der Waals surface area contributed by atoms with E-state index in [9.17, 15) is 4.79 Å². The Balaban J connectivity index is 2.45. The molecule has 0 N–H and O–H groups in total. The predicted molar refractivity (Wildman–Crippen MR) is 37.3 cm³/mol. The van der Waals surface area contributed by atoms with E-state index < -0.39 is 0 Å². The molecule has 1 aromatic rings. The third kappa shape index (κ3) is 0.952. The number of hydrogen-bond donors (Lipinski definition) is 0. The van der Waals surface area contributed by atoms with Crippen LogP contribution in [0.3, 0.4) is 0 Å². The Hall–Kier alpha value is -1.16. The van der Waals surface area contributed by atoms with Gasteiger partial charge in [-0.1, -0.05) is 0 Å². The summed E-state index contributed by atoms with van der Waals surface area (Å²) < 4.78 is 6.99. The molecule has 58 valence electrons. The lowest BCUT2D eigenvalue weighted by molar-refractivity contribution is 0.0789. The minimum atomic E-state index is 0.508. The number of aldehydes is 1. The maximum absolute atomic E-state index is 10.4. The highest BCUT2D eigenvalue weighted by Gasteiger charge is 2.13. The average Bonchev–Trinajstić information content (AvgIpc) is 2.47. The molecule has 1 aliphatic heterocycles. The fourth-order valence-corrected chi connectivity index (χ4v) is 1.19. The highest BCUT2D eigenvalue weighted by molar-refractivity contribution is 5.75. The maximum atomic E-state index is 10.4. The van der Waals surface area contributed by atoms with Crippen LogP contribution in [-0.2, 0) is 17.9 Å². The van der Waals surface area contributed by atoms with E-state index in [4.69, 9.17) is 4.74 Å². The number of rotatable bonds is 1. The van der Waals surface area contributed by atoms with Gasteiger partial charge in [-0.2, -0.15) is 5.10 Å². The summed E-state index contributed by atoms with van der Waals surface area (Å²) in [7, 11) is 0. The van der Waals surface area contributed by atoms with Gasteiger partial charge in [0.05, 0.1) is 37.2 Å². The summed E-state index contributed by atoms with van der Waals surface area (Å²) in [6.45, 7) is 1.95. The van der Waals surface area contributed by atoms with Gasteiger partial charge in [-0.3, -0.25) is 9.48 Å². The van der Waals surface area contributed by atoms with Crippen molar-refractivity contribution in [3.63, 3.8) is 0 Å². The molecule has 0 radical (unpaired) electrons. The zero-order valence-corrected chi connectivity index (χ0v) is 5.99. The monoisotopic (exact) mass is 152 g/mol. The molecule has 0 aliphatic carbocycles. The molecule has 4 heteroatoms. The van der Waals surface area contributed by atoms with E-state index in [2.05, 4.69) is 5.10 Å². The van der Waals surface area contributed by atoms with Crippen LogP contribution in [0.1, 0.15) is 16.1 Å². The van der Waals surface area contributed by atoms with Crippen molar-refractivity contribution < 1.29 is 9.53 Å². The Labute approximate surface area is 63.8 Å². The number of fused-ring (bicyclic) bond motifs is 1. The molecule has 0 unspecified atom stereocenters. The minimum absolute atomic E-state index is 0.508. The summed E-state index contributed by atoms with van der Waals surface area (Å²) >= 11 is 0. The lowest BCUT2D eigenvalue weighted by Gasteiger charge is -2.13. The molecular formula is C7H8N2O2. The Morgan fingerprint density at radius 2 is 2.64 bits per heavy atom. The quantitative estimate of drug-likeness (QED) is 0.541. The topological polar surface area (TPSA) is 44.1 Å². The van der Waals surface area contributed by atoms with Crippen molar-refractivity contribution in [3.8, 4) is 0 Å². The third-order valence-corrected chi connectivity index (χ3v) is 1.79. The average molecular weight is 152 g/mol. The molecule has 0 saturated carbocycles. The van der Waals surface area contributed by atoms with Crippen LogP contribution in [0.2, 0.25) is 0 Å². The lowest BCUT2D eigenvalue weighted by atomic mass is 10.2. The van der Waals surface area contributed by atoms with E-state index in [-0.39, 0.29) is 0 Å². The summed E-state index contributed by atoms with van der Waals surface area (Å²) in [5, 5.41) is 4.03. The molecule has 11 heavy (non-hydrogen) atoms. The third-order valence-electron chi connectivity index (χ3n) is 1.79. The van der Waals surface area contributed by atoms with Crippen molar-refractivity contribution in [2.75, 3.05) is 6.61 Å². The van der Waals surface area contributed by atoms with Gasteiger partial charge in [-0.05, 0) is 0 Å². The van der Waals surface area contributed by atoms with Crippen LogP contribution in [0.15, 0.2) is 6.20 Å². The summed E-state index contributed by atoms with van der Waals surface area (Å²) in [5.74, 6) is 0. The summed E-state index contributed by atoms with van der Waals surface area (Å²) in [6.07, 6.45) is 2.39. The molecule has 2 heterocycles. The van der Waals surface area contributed by atoms with Crippen LogP contribution in [0.5, 0.6) is 0 Å². The second-order valence-electron chi connectivity index (χ2n) is 2.44. The fourth-order valence-electron chi connectivity index (χ4n) is 1.19. The van der Waals surface area contributed by atoms with Gasteiger partial charge >= 0.3 is 0 Å². The number of aromatic nitrogens is 2. The highest BCUT2D eigenvalue weighted by Crippen LogP contribution is 2.11. The summed E-state index contributed by atoms with van der Waals surface area (Å²) in [4.78, 5) is 10.4. The van der Waals surface area contributed by atoms with Crippen LogP contribution in [0.4, 0.5) is 0 Å². The molecule has 0 saturated heterocycles. The Kier molecular flexibility index (Phi) is 1.47. The van der Waals surface area contributed by atoms with E-state index in [0.29, 0.717) is 18.8 Å². The van der Waals surface area contributed by atoms with E-state index in [1.165, 1.54) is 0 Å². The Morgan fingerprint density at radius 1 is 1.73 bits per heavy atom. The first-order valence-corrected chi connectivity index (χ1v) is 3.49. The summed E-state index contributed by atoms with van der Waals surface area (Å²) in [6, 6.07) is 0. The van der Waals surface area contributed by atoms with Gasteiger partial charge in [0.1, 0.15) is 0 Å². The van der Waals surface area contributed by atoms with Crippen molar-refractivity contribution in [1.82, 2.24) is 9.78 Å². The largest absolute Gasteiger partial charge is 0.373 e. The normalized spacial score (nSPS) is 16.0. The van der Waals surface area contributed by atoms with Crippen molar-refractivity contribution in [2.45, 2.75) is 13.2 Å². The molecule has 4 nitrogen and oxygen atoms in total. The van der Waals surface area contributed by atoms with Gasteiger partial charge in [0.25, 0.3) is 0 Å². The van der Waals surface area contributed by atoms with Crippen LogP contribution in [0, 0.1) is 0 Å². The van der Waals surface area contributed by atoms with Gasteiger partial charge in [0, 0.05) is 0 Å². The molecule has 0 atom stereocenters. The second kappa shape index (κ2) is 2.47. The van der Waals surface area contributed by atoms with Gasteiger partial charge in [0.15, 0.2) is 6.29 Å². The highest BCUT2D eigenvalue weighted by atomic mass is 16.5. The first kappa shape index (κ1) is 6.54. The van der Waals surface area contributed by atoms with E-state index in [1.54, 1.807) is 6.20 Å². The van der Waals surface area contributed by atoms with Crippen molar-refractivity contribution in [2.24, 2.45) is 0 Å². The number of carbonyl (C=O) groups excluding carboxylic acids is 1. The summed E-state index contributed by atoms with van der Waals surface area (Å²) in [5.41, 5.74) is 1.54. The molecule has 1 aromatic heterocycles. The Bertz CT molecular complexity index is 280. The zero-order chi connectivity index (χ0) is 7.68. The number of carbonyl (C=O) groups is 1. The van der Waals surface area contributed by atoms with Crippen molar-refractivity contribution in [1.29, 1.82) is 0 Å². The van der Waals surface area contributed by atoms with Gasteiger partial charge in [0.2, 0.25) is 0 Å². The van der Waals surface area contributed by atoms with E-state index in [1.807, 2.05) is 4.68 Å².